The third kappa shape index (κ3) is 5.59. The Morgan fingerprint density at radius 2 is 1.84 bits per heavy atom. The fourth-order valence-electron chi connectivity index (χ4n) is 3.10. The summed E-state index contributed by atoms with van der Waals surface area (Å²) in [7, 11) is 0. The molecular weight excluding hydrogens is 426 g/mol. The van der Waals surface area contributed by atoms with Gasteiger partial charge in [0.25, 0.3) is 0 Å². The maximum atomic E-state index is 12.4. The summed E-state index contributed by atoms with van der Waals surface area (Å²) in [6.07, 6.45) is 0.271. The van der Waals surface area contributed by atoms with Gasteiger partial charge in [-0.2, -0.15) is 0 Å². The first-order valence-electron chi connectivity index (χ1n) is 9.94. The van der Waals surface area contributed by atoms with Gasteiger partial charge < -0.3 is 9.88 Å². The molecule has 0 aliphatic carbocycles. The average molecular weight is 450 g/mol. The number of nitrogens with zero attached hydrogens (tertiary/aromatic N) is 4. The summed E-state index contributed by atoms with van der Waals surface area (Å²) in [5, 5.41) is 15.2. The number of thioether (sulfide) groups is 1. The minimum Gasteiger partial charge on any atom is -0.325 e. The molecule has 0 saturated heterocycles. The van der Waals surface area contributed by atoms with Gasteiger partial charge in [-0.1, -0.05) is 60.3 Å². The number of amides is 1. The summed E-state index contributed by atoms with van der Waals surface area (Å²) in [6.45, 7) is 4.68. The molecule has 0 aliphatic heterocycles. The quantitative estimate of drug-likeness (QED) is 0.389. The largest absolute Gasteiger partial charge is 0.325 e. The number of hydrogen-bond acceptors (Lipinski definition) is 6. The molecule has 0 unspecified atom stereocenters. The van der Waals surface area contributed by atoms with Crippen LogP contribution in [0, 0.1) is 13.8 Å². The molecule has 4 rings (SSSR count). The molecule has 0 radical (unpaired) electrons. The van der Waals surface area contributed by atoms with Gasteiger partial charge in [-0.05, 0) is 31.0 Å². The lowest BCUT2D eigenvalue weighted by Gasteiger charge is -2.08. The fourth-order valence-corrected chi connectivity index (χ4v) is 4.87. The number of hydrogen-bond donors (Lipinski definition) is 1. The van der Waals surface area contributed by atoms with Crippen LogP contribution in [0.3, 0.4) is 0 Å². The number of nitrogens with one attached hydrogen (secondary N) is 1. The Bertz CT molecular complexity index is 1170. The maximum absolute atomic E-state index is 12.4. The van der Waals surface area contributed by atoms with E-state index in [1.807, 2.05) is 61.7 Å². The molecule has 2 aromatic carbocycles. The van der Waals surface area contributed by atoms with Crippen molar-refractivity contribution in [1.29, 1.82) is 0 Å². The van der Waals surface area contributed by atoms with E-state index in [4.69, 9.17) is 0 Å². The highest BCUT2D eigenvalue weighted by atomic mass is 32.2. The van der Waals surface area contributed by atoms with Crippen LogP contribution in [0.4, 0.5) is 5.69 Å². The molecule has 0 aliphatic rings. The molecule has 0 saturated carbocycles. The summed E-state index contributed by atoms with van der Waals surface area (Å²) in [4.78, 5) is 17.0. The van der Waals surface area contributed by atoms with Gasteiger partial charge in [0.15, 0.2) is 5.16 Å². The Morgan fingerprint density at radius 1 is 1.06 bits per heavy atom. The molecule has 0 bridgehead atoms. The molecule has 0 spiro atoms. The van der Waals surface area contributed by atoms with Crippen molar-refractivity contribution >= 4 is 34.7 Å². The molecule has 1 amide bonds. The van der Waals surface area contributed by atoms with Crippen LogP contribution >= 0.6 is 23.1 Å². The van der Waals surface area contributed by atoms with Crippen molar-refractivity contribution in [3.05, 3.63) is 87.6 Å². The lowest BCUT2D eigenvalue weighted by molar-refractivity contribution is -0.115. The average Bonchev–Trinajstić information content (AvgIpc) is 3.35. The summed E-state index contributed by atoms with van der Waals surface area (Å²) in [5.41, 5.74) is 4.04. The first-order chi connectivity index (χ1) is 15.1. The first-order valence-corrected chi connectivity index (χ1v) is 11.8. The van der Waals surface area contributed by atoms with Crippen molar-refractivity contribution in [3.8, 4) is 0 Å². The molecule has 31 heavy (non-hydrogen) atoms. The molecule has 4 aromatic rings. The summed E-state index contributed by atoms with van der Waals surface area (Å²) in [5.74, 6) is 1.52. The van der Waals surface area contributed by atoms with Crippen molar-refractivity contribution in [2.75, 3.05) is 5.32 Å². The van der Waals surface area contributed by atoms with Gasteiger partial charge >= 0.3 is 0 Å². The molecule has 8 heteroatoms. The topological polar surface area (TPSA) is 72.7 Å². The Kier molecular flexibility index (Phi) is 6.79. The van der Waals surface area contributed by atoms with Crippen LogP contribution in [-0.4, -0.2) is 25.7 Å². The molecule has 0 atom stereocenters. The number of anilines is 1. The van der Waals surface area contributed by atoms with Crippen molar-refractivity contribution in [1.82, 2.24) is 19.7 Å². The second-order valence-corrected chi connectivity index (χ2v) is 9.05. The molecule has 2 aromatic heterocycles. The molecule has 6 nitrogen and oxygen atoms in total. The van der Waals surface area contributed by atoms with E-state index >= 15 is 0 Å². The number of carbonyl (C=O) groups excluding carboxylic acids is 1. The smallest absolute Gasteiger partial charge is 0.231 e. The lowest BCUT2D eigenvalue weighted by atomic mass is 10.2. The summed E-state index contributed by atoms with van der Waals surface area (Å²) < 4.78 is 2.11. The van der Waals surface area contributed by atoms with Gasteiger partial charge in [0.2, 0.25) is 5.91 Å². The number of para-hydroxylation sites is 1. The van der Waals surface area contributed by atoms with E-state index in [0.29, 0.717) is 5.75 Å². The maximum Gasteiger partial charge on any atom is 0.231 e. The molecule has 1 N–H and O–H groups in total. The second kappa shape index (κ2) is 9.89. The number of thiazole rings is 1. The highest BCUT2D eigenvalue weighted by Crippen LogP contribution is 2.24. The van der Waals surface area contributed by atoms with Crippen LogP contribution in [0.1, 0.15) is 27.7 Å². The number of aryl methyl sites for hydroxylation is 2. The SMILES string of the molecule is Cc1ccccc1NC(=O)Cc1nc(CSc2nnc(C)n2Cc2ccccc2)cs1. The molecule has 0 fully saturated rings. The number of rotatable bonds is 8. The van der Waals surface area contributed by atoms with Crippen LogP contribution in [0.2, 0.25) is 0 Å². The second-order valence-electron chi connectivity index (χ2n) is 7.16. The van der Waals surface area contributed by atoms with Gasteiger partial charge in [0.1, 0.15) is 10.8 Å². The summed E-state index contributed by atoms with van der Waals surface area (Å²) >= 11 is 3.12. The molecule has 2 heterocycles. The van der Waals surface area contributed by atoms with E-state index in [1.54, 1.807) is 11.8 Å². The van der Waals surface area contributed by atoms with Crippen molar-refractivity contribution in [3.63, 3.8) is 0 Å². The zero-order valence-corrected chi connectivity index (χ0v) is 19.0. The zero-order valence-electron chi connectivity index (χ0n) is 17.4. The van der Waals surface area contributed by atoms with Crippen LogP contribution in [-0.2, 0) is 23.5 Å². The van der Waals surface area contributed by atoms with Crippen molar-refractivity contribution < 1.29 is 4.79 Å². The molecule has 158 valence electrons. The third-order valence-electron chi connectivity index (χ3n) is 4.76. The van der Waals surface area contributed by atoms with Crippen LogP contribution in [0.25, 0.3) is 0 Å². The van der Waals surface area contributed by atoms with Crippen molar-refractivity contribution in [2.45, 2.75) is 37.7 Å². The van der Waals surface area contributed by atoms with E-state index < -0.39 is 0 Å². The normalized spacial score (nSPS) is 10.9. The van der Waals surface area contributed by atoms with E-state index in [1.165, 1.54) is 16.9 Å². The Hall–Kier alpha value is -2.97. The molecular formula is C23H23N5OS2. The van der Waals surface area contributed by atoms with Gasteiger partial charge in [0, 0.05) is 16.8 Å². The minimum atomic E-state index is -0.0546. The highest BCUT2D eigenvalue weighted by Gasteiger charge is 2.13. The standard InChI is InChI=1S/C23H23N5OS2/c1-16-8-6-7-11-20(16)25-21(29)12-22-24-19(14-30-22)15-31-23-27-26-17(2)28(23)13-18-9-4-3-5-10-18/h3-11,14H,12-13,15H2,1-2H3,(H,25,29). The predicted octanol–water partition coefficient (Wildman–Crippen LogP) is 4.87. The minimum absolute atomic E-state index is 0.0546. The van der Waals surface area contributed by atoms with Gasteiger partial charge in [-0.15, -0.1) is 21.5 Å². The number of benzene rings is 2. The summed E-state index contributed by atoms with van der Waals surface area (Å²) in [6, 6.07) is 18.0. The monoisotopic (exact) mass is 449 g/mol. The predicted molar refractivity (Wildman–Crippen MR) is 125 cm³/mol. The van der Waals surface area contributed by atoms with E-state index in [-0.39, 0.29) is 12.3 Å². The highest BCUT2D eigenvalue weighted by molar-refractivity contribution is 7.98. The fraction of sp³-hybridized carbons (Fsp3) is 0.217. The first kappa shape index (κ1) is 21.3. The number of aromatic nitrogens is 4. The lowest BCUT2D eigenvalue weighted by Crippen LogP contribution is -2.15. The Balaban J connectivity index is 1.35. The zero-order chi connectivity index (χ0) is 21.6. The van der Waals surface area contributed by atoms with Gasteiger partial charge in [0.05, 0.1) is 18.7 Å². The van der Waals surface area contributed by atoms with Crippen LogP contribution < -0.4 is 5.32 Å². The number of carbonyl (C=O) groups is 1. The van der Waals surface area contributed by atoms with Gasteiger partial charge in [-0.3, -0.25) is 4.79 Å². The Labute approximate surface area is 189 Å². The van der Waals surface area contributed by atoms with Crippen LogP contribution in [0.5, 0.6) is 0 Å². The Morgan fingerprint density at radius 3 is 2.65 bits per heavy atom. The van der Waals surface area contributed by atoms with E-state index in [0.717, 1.165) is 39.5 Å². The van der Waals surface area contributed by atoms with Crippen LogP contribution in [0.15, 0.2) is 65.1 Å². The van der Waals surface area contributed by atoms with E-state index in [2.05, 4.69) is 37.2 Å². The van der Waals surface area contributed by atoms with Crippen molar-refractivity contribution in [2.24, 2.45) is 0 Å². The van der Waals surface area contributed by atoms with E-state index in [9.17, 15) is 4.79 Å². The van der Waals surface area contributed by atoms with Gasteiger partial charge in [-0.25, -0.2) is 4.98 Å². The third-order valence-corrected chi connectivity index (χ3v) is 6.66.